The van der Waals surface area contributed by atoms with Crippen LogP contribution in [0.25, 0.3) is 0 Å². The molecule has 0 radical (unpaired) electrons. The number of nitrogens with one attached hydrogen (secondary N) is 1. The Kier molecular flexibility index (Phi) is 5.99. The highest BCUT2D eigenvalue weighted by Gasteiger charge is 2.24. The van der Waals surface area contributed by atoms with Crippen LogP contribution < -0.4 is 5.32 Å². The molecule has 2 rings (SSSR count). The average molecular weight is 275 g/mol. The van der Waals surface area contributed by atoms with Crippen LogP contribution in [0.4, 0.5) is 0 Å². The number of aromatic nitrogens is 1. The van der Waals surface area contributed by atoms with Crippen molar-refractivity contribution < 1.29 is 0 Å². The third kappa shape index (κ3) is 4.88. The van der Waals surface area contributed by atoms with Crippen molar-refractivity contribution in [3.05, 3.63) is 29.6 Å². The fourth-order valence-corrected chi connectivity index (χ4v) is 2.73. The first-order valence-corrected chi connectivity index (χ1v) is 8.12. The molecule has 0 bridgehead atoms. The maximum absolute atomic E-state index is 4.65. The van der Waals surface area contributed by atoms with E-state index in [1.807, 2.05) is 0 Å². The van der Waals surface area contributed by atoms with Crippen molar-refractivity contribution in [2.45, 2.75) is 65.1 Å². The number of aryl methyl sites for hydroxylation is 1. The molecule has 0 saturated heterocycles. The molecular formula is C17H29N3. The Bertz CT molecular complexity index is 401. The van der Waals surface area contributed by atoms with Crippen molar-refractivity contribution in [2.24, 2.45) is 0 Å². The van der Waals surface area contributed by atoms with Crippen molar-refractivity contribution in [3.63, 3.8) is 0 Å². The van der Waals surface area contributed by atoms with Gasteiger partial charge in [-0.05, 0) is 44.9 Å². The fourth-order valence-electron chi connectivity index (χ4n) is 2.73. The van der Waals surface area contributed by atoms with Crippen molar-refractivity contribution >= 4 is 0 Å². The van der Waals surface area contributed by atoms with Gasteiger partial charge in [0.05, 0.1) is 5.69 Å². The predicted octanol–water partition coefficient (Wildman–Crippen LogP) is 3.13. The summed E-state index contributed by atoms with van der Waals surface area (Å²) in [5.41, 5.74) is 2.31. The number of hydrogen-bond acceptors (Lipinski definition) is 3. The lowest BCUT2D eigenvalue weighted by molar-refractivity contribution is 0.179. The van der Waals surface area contributed by atoms with E-state index in [2.05, 4.69) is 54.2 Å². The third-order valence-corrected chi connectivity index (χ3v) is 4.08. The van der Waals surface area contributed by atoms with Crippen LogP contribution in [-0.2, 0) is 6.54 Å². The molecular weight excluding hydrogens is 246 g/mol. The second-order valence-corrected chi connectivity index (χ2v) is 5.96. The molecule has 1 unspecified atom stereocenters. The summed E-state index contributed by atoms with van der Waals surface area (Å²) in [4.78, 5) is 7.22. The normalized spacial score (nSPS) is 16.6. The molecule has 0 amide bonds. The second kappa shape index (κ2) is 7.75. The maximum Gasteiger partial charge on any atom is 0.0547 e. The molecule has 1 fully saturated rings. The standard InChI is InChI=1S/C17H29N3/c1-4-7-17(12-18-15-10-11-15)20(5-2)13-16-9-6-8-14(3)19-16/h6,8-9,15,17-18H,4-5,7,10-13H2,1-3H3. The molecule has 3 heteroatoms. The number of rotatable bonds is 9. The smallest absolute Gasteiger partial charge is 0.0547 e. The molecule has 1 atom stereocenters. The van der Waals surface area contributed by atoms with E-state index in [-0.39, 0.29) is 0 Å². The SMILES string of the molecule is CCCC(CNC1CC1)N(CC)Cc1cccc(C)n1. The van der Waals surface area contributed by atoms with E-state index >= 15 is 0 Å². The van der Waals surface area contributed by atoms with E-state index in [4.69, 9.17) is 0 Å². The maximum atomic E-state index is 4.65. The van der Waals surface area contributed by atoms with E-state index in [0.717, 1.165) is 31.4 Å². The Morgan fingerprint density at radius 3 is 2.75 bits per heavy atom. The summed E-state index contributed by atoms with van der Waals surface area (Å²) in [6, 6.07) is 7.76. The first kappa shape index (κ1) is 15.5. The summed E-state index contributed by atoms with van der Waals surface area (Å²) in [5.74, 6) is 0. The molecule has 1 heterocycles. The molecule has 0 aromatic carbocycles. The van der Waals surface area contributed by atoms with Gasteiger partial charge in [0.25, 0.3) is 0 Å². The largest absolute Gasteiger partial charge is 0.312 e. The van der Waals surface area contributed by atoms with Gasteiger partial charge in [0.1, 0.15) is 0 Å². The van der Waals surface area contributed by atoms with Gasteiger partial charge in [0, 0.05) is 30.9 Å². The zero-order valence-corrected chi connectivity index (χ0v) is 13.2. The minimum Gasteiger partial charge on any atom is -0.312 e. The molecule has 112 valence electrons. The van der Waals surface area contributed by atoms with Gasteiger partial charge in [-0.2, -0.15) is 0 Å². The van der Waals surface area contributed by atoms with Crippen LogP contribution in [0.15, 0.2) is 18.2 Å². The van der Waals surface area contributed by atoms with Crippen molar-refractivity contribution in [2.75, 3.05) is 13.1 Å². The minimum atomic E-state index is 0.632. The zero-order chi connectivity index (χ0) is 14.4. The molecule has 1 N–H and O–H groups in total. The van der Waals surface area contributed by atoms with Gasteiger partial charge in [0.2, 0.25) is 0 Å². The Morgan fingerprint density at radius 2 is 2.15 bits per heavy atom. The van der Waals surface area contributed by atoms with Crippen molar-refractivity contribution in [1.82, 2.24) is 15.2 Å². The Hall–Kier alpha value is -0.930. The average Bonchev–Trinajstić information content (AvgIpc) is 3.25. The lowest BCUT2D eigenvalue weighted by Gasteiger charge is -2.30. The highest BCUT2D eigenvalue weighted by atomic mass is 15.2. The molecule has 1 aliphatic rings. The number of nitrogens with zero attached hydrogens (tertiary/aromatic N) is 2. The summed E-state index contributed by atoms with van der Waals surface area (Å²) in [6.07, 6.45) is 5.24. The predicted molar refractivity (Wildman–Crippen MR) is 84.8 cm³/mol. The lowest BCUT2D eigenvalue weighted by Crippen LogP contribution is -2.42. The van der Waals surface area contributed by atoms with E-state index < -0.39 is 0 Å². The first-order chi connectivity index (χ1) is 9.72. The van der Waals surface area contributed by atoms with E-state index in [1.165, 1.54) is 31.4 Å². The zero-order valence-electron chi connectivity index (χ0n) is 13.2. The highest BCUT2D eigenvalue weighted by Crippen LogP contribution is 2.19. The van der Waals surface area contributed by atoms with E-state index in [9.17, 15) is 0 Å². The van der Waals surface area contributed by atoms with Crippen molar-refractivity contribution in [1.29, 1.82) is 0 Å². The number of pyridine rings is 1. The van der Waals surface area contributed by atoms with Crippen LogP contribution in [0, 0.1) is 6.92 Å². The summed E-state index contributed by atoms with van der Waals surface area (Å²) < 4.78 is 0. The van der Waals surface area contributed by atoms with Gasteiger partial charge in [-0.15, -0.1) is 0 Å². The molecule has 0 aliphatic heterocycles. The molecule has 1 aromatic rings. The molecule has 1 aromatic heterocycles. The highest BCUT2D eigenvalue weighted by molar-refractivity contribution is 5.10. The van der Waals surface area contributed by atoms with Gasteiger partial charge in [-0.3, -0.25) is 9.88 Å². The Balaban J connectivity index is 1.94. The first-order valence-electron chi connectivity index (χ1n) is 8.12. The third-order valence-electron chi connectivity index (χ3n) is 4.08. The summed E-state index contributed by atoms with van der Waals surface area (Å²) >= 11 is 0. The Labute approximate surface area is 123 Å². The quantitative estimate of drug-likeness (QED) is 0.750. The number of hydrogen-bond donors (Lipinski definition) is 1. The molecule has 1 saturated carbocycles. The van der Waals surface area contributed by atoms with Gasteiger partial charge in [-0.1, -0.05) is 26.3 Å². The summed E-state index contributed by atoms with van der Waals surface area (Å²) in [6.45, 7) is 9.79. The Morgan fingerprint density at radius 1 is 1.35 bits per heavy atom. The van der Waals surface area contributed by atoms with E-state index in [0.29, 0.717) is 6.04 Å². The van der Waals surface area contributed by atoms with Crippen LogP contribution in [0.2, 0.25) is 0 Å². The monoisotopic (exact) mass is 275 g/mol. The van der Waals surface area contributed by atoms with Crippen LogP contribution in [0.1, 0.15) is 50.9 Å². The van der Waals surface area contributed by atoms with Crippen LogP contribution in [0.3, 0.4) is 0 Å². The van der Waals surface area contributed by atoms with Gasteiger partial charge < -0.3 is 5.32 Å². The second-order valence-electron chi connectivity index (χ2n) is 5.96. The van der Waals surface area contributed by atoms with Gasteiger partial charge in [-0.25, -0.2) is 0 Å². The van der Waals surface area contributed by atoms with Crippen LogP contribution >= 0.6 is 0 Å². The lowest BCUT2D eigenvalue weighted by atomic mass is 10.1. The van der Waals surface area contributed by atoms with E-state index in [1.54, 1.807) is 0 Å². The fraction of sp³-hybridized carbons (Fsp3) is 0.706. The summed E-state index contributed by atoms with van der Waals surface area (Å²) in [7, 11) is 0. The minimum absolute atomic E-state index is 0.632. The van der Waals surface area contributed by atoms with Crippen LogP contribution in [0.5, 0.6) is 0 Å². The van der Waals surface area contributed by atoms with Crippen LogP contribution in [-0.4, -0.2) is 35.1 Å². The number of likely N-dealkylation sites (N-methyl/N-ethyl adjacent to an activating group) is 1. The molecule has 0 spiro atoms. The topological polar surface area (TPSA) is 28.2 Å². The molecule has 20 heavy (non-hydrogen) atoms. The molecule has 1 aliphatic carbocycles. The van der Waals surface area contributed by atoms with Gasteiger partial charge >= 0.3 is 0 Å². The molecule has 3 nitrogen and oxygen atoms in total. The van der Waals surface area contributed by atoms with Gasteiger partial charge in [0.15, 0.2) is 0 Å². The summed E-state index contributed by atoms with van der Waals surface area (Å²) in [5, 5.41) is 3.69. The van der Waals surface area contributed by atoms with Crippen molar-refractivity contribution in [3.8, 4) is 0 Å².